The summed E-state index contributed by atoms with van der Waals surface area (Å²) >= 11 is 0. The number of aryl methyl sites for hydroxylation is 6. The van der Waals surface area contributed by atoms with Crippen LogP contribution in [0.2, 0.25) is 0 Å². The Balaban J connectivity index is 0.000000189. The smallest absolute Gasteiger partial charge is 0.410 e. The number of hydrogen-bond acceptors (Lipinski definition) is 15. The van der Waals surface area contributed by atoms with Crippen molar-refractivity contribution in [3.05, 3.63) is 188 Å². The van der Waals surface area contributed by atoms with Gasteiger partial charge in [-0.25, -0.2) is 4.79 Å². The van der Waals surface area contributed by atoms with Gasteiger partial charge in [0, 0.05) is 186 Å². The van der Waals surface area contributed by atoms with Crippen molar-refractivity contribution in [2.75, 3.05) is 85.0 Å². The highest BCUT2D eigenvalue weighted by Gasteiger charge is 2.33. The summed E-state index contributed by atoms with van der Waals surface area (Å²) < 4.78 is 9.48. The third-order valence-electron chi connectivity index (χ3n) is 17.9. The average Bonchev–Trinajstić information content (AvgIpc) is 1.00. The fraction of sp³-hybridized carbons (Fsp3) is 0.423. The molecule has 476 valence electrons. The molecule has 0 bridgehead atoms. The lowest BCUT2D eigenvalue weighted by Gasteiger charge is -2.40. The zero-order chi connectivity index (χ0) is 64.1. The first kappa shape index (κ1) is 63.7. The van der Waals surface area contributed by atoms with E-state index in [4.69, 9.17) is 4.74 Å². The van der Waals surface area contributed by atoms with Crippen LogP contribution in [0.5, 0.6) is 0 Å². The molecule has 2 atom stereocenters. The topological polar surface area (TPSA) is 191 Å². The third-order valence-corrected chi connectivity index (χ3v) is 17.9. The predicted octanol–water partition coefficient (Wildman–Crippen LogP) is 8.75. The van der Waals surface area contributed by atoms with E-state index in [1.165, 1.54) is 16.0 Å². The van der Waals surface area contributed by atoms with E-state index in [1.54, 1.807) is 30.6 Å². The molecule has 0 radical (unpaired) electrons. The van der Waals surface area contributed by atoms with Gasteiger partial charge in [0.05, 0.1) is 41.3 Å². The second-order valence-corrected chi connectivity index (χ2v) is 26.0. The Labute approximate surface area is 533 Å². The zero-order valence-corrected chi connectivity index (χ0v) is 54.2. The summed E-state index contributed by atoms with van der Waals surface area (Å²) in [7, 11) is 3.93. The summed E-state index contributed by atoms with van der Waals surface area (Å²) in [4.78, 5) is 98.7. The summed E-state index contributed by atoms with van der Waals surface area (Å²) in [5.74, 6) is -0.143. The maximum absolute atomic E-state index is 14.1. The van der Waals surface area contributed by atoms with Gasteiger partial charge in [0.25, 0.3) is 0 Å². The van der Waals surface area contributed by atoms with Gasteiger partial charge in [-0.05, 0) is 170 Å². The van der Waals surface area contributed by atoms with Crippen LogP contribution >= 0.6 is 0 Å². The van der Waals surface area contributed by atoms with Crippen molar-refractivity contribution in [1.29, 1.82) is 0 Å². The predicted molar refractivity (Wildman–Crippen MR) is 359 cm³/mol. The third kappa shape index (κ3) is 15.3. The molecule has 4 aliphatic heterocycles. The molecule has 91 heavy (non-hydrogen) atoms. The van der Waals surface area contributed by atoms with Crippen LogP contribution in [0.25, 0.3) is 21.8 Å². The Morgan fingerprint density at radius 3 is 1.48 bits per heavy atom. The van der Waals surface area contributed by atoms with Gasteiger partial charge in [-0.15, -0.1) is 0 Å². The molecule has 20 nitrogen and oxygen atoms in total. The number of fused-ring (bicyclic) bond motifs is 2. The Morgan fingerprint density at radius 1 is 0.560 bits per heavy atom. The van der Waals surface area contributed by atoms with Gasteiger partial charge in [-0.2, -0.15) is 0 Å². The number of carbonyl (C=O) groups is 3. The number of anilines is 4. The van der Waals surface area contributed by atoms with E-state index >= 15 is 0 Å². The van der Waals surface area contributed by atoms with E-state index in [2.05, 4.69) is 93.4 Å². The van der Waals surface area contributed by atoms with E-state index in [1.807, 2.05) is 125 Å². The first-order valence-corrected chi connectivity index (χ1v) is 31.9. The highest BCUT2D eigenvalue weighted by molar-refractivity contribution is 5.99. The molecule has 0 saturated carbocycles. The fourth-order valence-corrected chi connectivity index (χ4v) is 13.2. The first-order chi connectivity index (χ1) is 43.7. The minimum Gasteiger partial charge on any atom is -0.444 e. The first-order valence-electron chi connectivity index (χ1n) is 31.9. The molecular formula is C71H86N14O6. The second kappa shape index (κ2) is 27.7. The molecule has 20 heteroatoms. The summed E-state index contributed by atoms with van der Waals surface area (Å²) in [5, 5.41) is 4.41. The standard InChI is InChI=1S/C38H47N7O4.C33H39N7O2/c1-26-9-10-31(20-40-26)42-15-7-8-32(24-42)44(21-28-13-14-39-27(2)18-28)23-29-22-41(6)34-19-30(11-12-33(34)36(29)47)45-17-16-43(25-35(45)46)37(48)49-38(3,4)5;1-23-6-7-28(17-36-23)38-13-4-5-29(22-38)39(19-25-10-11-35-24(2)15-25)21-26-20-37(3)31-16-27(8-9-30(31)33(26)42)40-14-12-34-18-32(40)41/h9-14,18-20,22,32H,7-8,15-17,21,23-25H2,1-6H3;6-11,15-17,20,29,34H,4-5,12-14,18-19,21-22H2,1-3H3/t32-;29-/m00/s1. The summed E-state index contributed by atoms with van der Waals surface area (Å²) in [5.41, 5.74) is 12.6. The zero-order valence-electron chi connectivity index (χ0n) is 54.2. The van der Waals surface area contributed by atoms with E-state index < -0.39 is 11.7 Å². The lowest BCUT2D eigenvalue weighted by atomic mass is 10.0. The molecule has 0 spiro atoms. The maximum atomic E-state index is 14.1. The van der Waals surface area contributed by atoms with Crippen molar-refractivity contribution < 1.29 is 19.1 Å². The van der Waals surface area contributed by atoms with Crippen molar-refractivity contribution in [2.45, 2.75) is 118 Å². The van der Waals surface area contributed by atoms with Crippen LogP contribution in [-0.2, 0) is 54.6 Å². The van der Waals surface area contributed by atoms with Gasteiger partial charge < -0.3 is 38.8 Å². The minimum absolute atomic E-state index is 0.00738. The molecule has 4 fully saturated rings. The number of rotatable bonds is 14. The van der Waals surface area contributed by atoms with Crippen LogP contribution in [0.3, 0.4) is 0 Å². The largest absolute Gasteiger partial charge is 0.444 e. The summed E-state index contributed by atoms with van der Waals surface area (Å²) in [6, 6.07) is 28.6. The van der Waals surface area contributed by atoms with Gasteiger partial charge in [0.15, 0.2) is 10.9 Å². The number of pyridine rings is 6. The number of ether oxygens (including phenoxy) is 1. The SMILES string of the molecule is Cc1ccc(N2CCC[C@H](N(Cc3ccnc(C)c3)Cc3cn(C)c4cc(N5CCN(C(=O)OC(C)(C)C)CC5=O)ccc4c3=O)C2)cn1.Cc1ccc(N2CCC[C@H](N(Cc3ccnc(C)c3)Cc3cn(C)c4cc(N5CCNCC5=O)ccc4c3=O)C2)cn1. The van der Waals surface area contributed by atoms with Crippen LogP contribution < -0.4 is 35.8 Å². The number of piperidine rings is 2. The van der Waals surface area contributed by atoms with Crippen molar-refractivity contribution >= 4 is 62.5 Å². The van der Waals surface area contributed by atoms with Gasteiger partial charge >= 0.3 is 6.09 Å². The number of amides is 3. The van der Waals surface area contributed by atoms with E-state index in [0.29, 0.717) is 62.3 Å². The molecule has 1 N–H and O–H groups in total. The van der Waals surface area contributed by atoms with Gasteiger partial charge in [-0.3, -0.25) is 53.8 Å². The molecule has 4 saturated heterocycles. The van der Waals surface area contributed by atoms with Gasteiger partial charge in [-0.1, -0.05) is 0 Å². The van der Waals surface area contributed by atoms with E-state index in [0.717, 1.165) is 127 Å². The van der Waals surface area contributed by atoms with Crippen LogP contribution in [0.4, 0.5) is 27.5 Å². The average molecular weight is 1230 g/mol. The van der Waals surface area contributed by atoms with Crippen LogP contribution in [0, 0.1) is 27.7 Å². The quantitative estimate of drug-likeness (QED) is 0.109. The van der Waals surface area contributed by atoms with E-state index in [9.17, 15) is 24.0 Å². The van der Waals surface area contributed by atoms with E-state index in [-0.39, 0.29) is 41.3 Å². The minimum atomic E-state index is -0.635. The van der Waals surface area contributed by atoms with Crippen molar-refractivity contribution in [3.8, 4) is 0 Å². The lowest BCUT2D eigenvalue weighted by Crippen LogP contribution is -2.53. The maximum Gasteiger partial charge on any atom is 0.410 e. The molecule has 0 unspecified atom stereocenters. The fourth-order valence-electron chi connectivity index (χ4n) is 13.2. The molecule has 6 aromatic heterocycles. The van der Waals surface area contributed by atoms with Crippen LogP contribution in [-0.4, -0.2) is 145 Å². The Morgan fingerprint density at radius 2 is 1.04 bits per heavy atom. The summed E-state index contributed by atoms with van der Waals surface area (Å²) in [6.45, 7) is 22.0. The van der Waals surface area contributed by atoms with Crippen molar-refractivity contribution in [1.82, 2.24) is 49.1 Å². The normalized spacial score (nSPS) is 17.5. The lowest BCUT2D eigenvalue weighted by molar-refractivity contribution is -0.121. The number of piperazine rings is 2. The molecule has 2 aromatic carbocycles. The molecule has 10 heterocycles. The Kier molecular flexibility index (Phi) is 19.4. The second-order valence-electron chi connectivity index (χ2n) is 26.0. The molecule has 0 aliphatic carbocycles. The highest BCUT2D eigenvalue weighted by Crippen LogP contribution is 2.30. The molecular weight excluding hydrogens is 1140 g/mol. The molecule has 4 aliphatic rings. The molecule has 12 rings (SSSR count). The van der Waals surface area contributed by atoms with Crippen LogP contribution in [0.1, 0.15) is 91.5 Å². The molecule has 3 amide bonds. The van der Waals surface area contributed by atoms with Crippen molar-refractivity contribution in [2.24, 2.45) is 14.1 Å². The number of nitrogens with zero attached hydrogens (tertiary/aromatic N) is 13. The Bertz CT molecular complexity index is 4070. The van der Waals surface area contributed by atoms with Gasteiger partial charge in [0.1, 0.15) is 12.1 Å². The number of nitrogens with one attached hydrogen (secondary N) is 1. The highest BCUT2D eigenvalue weighted by atomic mass is 16.6. The number of aromatic nitrogens is 6. The number of carbonyl (C=O) groups excluding carboxylic acids is 3. The van der Waals surface area contributed by atoms with Gasteiger partial charge in [0.2, 0.25) is 11.8 Å². The van der Waals surface area contributed by atoms with Crippen LogP contribution in [0.15, 0.2) is 132 Å². The monoisotopic (exact) mass is 1230 g/mol. The Hall–Kier alpha value is -8.85. The van der Waals surface area contributed by atoms with Crippen molar-refractivity contribution in [3.63, 3.8) is 0 Å². The number of benzene rings is 2. The molecule has 8 aromatic rings. The summed E-state index contributed by atoms with van der Waals surface area (Å²) in [6.07, 6.45) is 15.3. The number of hydrogen-bond donors (Lipinski definition) is 1.